The van der Waals surface area contributed by atoms with E-state index in [0.29, 0.717) is 0 Å². The van der Waals surface area contributed by atoms with Gasteiger partial charge in [-0.2, -0.15) is 0 Å². The minimum atomic E-state index is 1.00. The van der Waals surface area contributed by atoms with E-state index in [1.165, 1.54) is 34.3 Å². The van der Waals surface area contributed by atoms with E-state index in [0.717, 1.165) is 8.55 Å². The maximum atomic E-state index is 3.48. The molecule has 0 aliphatic rings. The molecular formula is C5H11Si3. The molecule has 43 valence electrons. The Labute approximate surface area is 60.1 Å². The van der Waals surface area contributed by atoms with E-state index in [4.69, 9.17) is 0 Å². The van der Waals surface area contributed by atoms with Crippen LogP contribution >= 0.6 is 0 Å². The zero-order chi connectivity index (χ0) is 6.24. The Bertz CT molecular complexity index is 32.7. The first kappa shape index (κ1) is 8.65. The van der Waals surface area contributed by atoms with Gasteiger partial charge in [0.05, 0.1) is 0 Å². The maximum absolute atomic E-state index is 3.48. The van der Waals surface area contributed by atoms with Gasteiger partial charge in [0.2, 0.25) is 0 Å². The third-order valence-electron chi connectivity index (χ3n) is 0.994. The molecule has 0 aromatic carbocycles. The van der Waals surface area contributed by atoms with Crippen molar-refractivity contribution < 1.29 is 0 Å². The summed E-state index contributed by atoms with van der Waals surface area (Å²) in [5.74, 6) is 0. The largest absolute Gasteiger partial charge is 0.0654 e. The lowest BCUT2D eigenvalue weighted by molar-refractivity contribution is 0.770. The van der Waals surface area contributed by atoms with Crippen molar-refractivity contribution in [1.82, 2.24) is 0 Å². The summed E-state index contributed by atoms with van der Waals surface area (Å²) in [7, 11) is 5.65. The van der Waals surface area contributed by atoms with Crippen LogP contribution in [0.5, 0.6) is 0 Å². The molecule has 0 amide bonds. The second-order valence-corrected chi connectivity index (χ2v) is 6.92. The van der Waals surface area contributed by atoms with Crippen LogP contribution in [0.4, 0.5) is 0 Å². The van der Waals surface area contributed by atoms with Gasteiger partial charge >= 0.3 is 0 Å². The van der Waals surface area contributed by atoms with Gasteiger partial charge in [-0.15, -0.1) is 0 Å². The second-order valence-electron chi connectivity index (χ2n) is 1.76. The Morgan fingerprint density at radius 2 is 2.12 bits per heavy atom. The van der Waals surface area contributed by atoms with Crippen LogP contribution in [0.1, 0.15) is 26.2 Å². The first-order valence-corrected chi connectivity index (χ1v) is 7.77. The van der Waals surface area contributed by atoms with Gasteiger partial charge in [-0.05, 0) is 0 Å². The van der Waals surface area contributed by atoms with Crippen LogP contribution in [0, 0.1) is 0 Å². The van der Waals surface area contributed by atoms with Crippen molar-refractivity contribution in [3.05, 3.63) is 0 Å². The summed E-state index contributed by atoms with van der Waals surface area (Å²) in [4.78, 5) is 0. The van der Waals surface area contributed by atoms with E-state index < -0.39 is 0 Å². The predicted octanol–water partition coefficient (Wildman–Crippen LogP) is 1.00. The Kier molecular flexibility index (Phi) is 8.27. The molecule has 0 fully saturated rings. The van der Waals surface area contributed by atoms with Gasteiger partial charge in [-0.25, -0.2) is 0 Å². The molecule has 0 aliphatic carbocycles. The van der Waals surface area contributed by atoms with Gasteiger partial charge in [0.1, 0.15) is 0 Å². The number of hydrogen-bond donors (Lipinski definition) is 0. The molecule has 0 saturated carbocycles. The lowest BCUT2D eigenvalue weighted by Gasteiger charge is -1.92. The van der Waals surface area contributed by atoms with E-state index in [1.54, 1.807) is 0 Å². The van der Waals surface area contributed by atoms with Crippen molar-refractivity contribution in [2.45, 2.75) is 32.2 Å². The van der Waals surface area contributed by atoms with Crippen LogP contribution in [-0.2, 0) is 0 Å². The number of rotatable bonds is 5. The van der Waals surface area contributed by atoms with Crippen molar-refractivity contribution >= 4 is 27.4 Å². The molecule has 0 bridgehead atoms. The average Bonchev–Trinajstić information content (AvgIpc) is 1.81. The first-order chi connectivity index (χ1) is 3.91. The summed E-state index contributed by atoms with van der Waals surface area (Å²) in [5.41, 5.74) is 0. The lowest BCUT2D eigenvalue weighted by Crippen LogP contribution is -2.01. The topological polar surface area (TPSA) is 0 Å². The Morgan fingerprint density at radius 3 is 2.62 bits per heavy atom. The monoisotopic (exact) mass is 155 g/mol. The fourth-order valence-electron chi connectivity index (χ4n) is 0.526. The molecule has 0 spiro atoms. The molecule has 7 radical (unpaired) electrons. The summed E-state index contributed by atoms with van der Waals surface area (Å²) in [6, 6.07) is 1.44. The van der Waals surface area contributed by atoms with Gasteiger partial charge < -0.3 is 0 Å². The standard InChI is InChI=1S/C5H11Si3/c1-2-3-4-5-7-8-6/h2-5H2,1H3. The Balaban J connectivity index is 2.53. The molecule has 0 aromatic heterocycles. The summed E-state index contributed by atoms with van der Waals surface area (Å²) < 4.78 is 0. The molecule has 0 heterocycles. The van der Waals surface area contributed by atoms with Crippen molar-refractivity contribution in [1.29, 1.82) is 0 Å². The zero-order valence-electron chi connectivity index (χ0n) is 5.33. The molecule has 0 saturated heterocycles. The van der Waals surface area contributed by atoms with Crippen molar-refractivity contribution in [3.8, 4) is 0 Å². The van der Waals surface area contributed by atoms with Crippen LogP contribution in [0.3, 0.4) is 0 Å². The van der Waals surface area contributed by atoms with Gasteiger partial charge in [-0.1, -0.05) is 32.2 Å². The van der Waals surface area contributed by atoms with Crippen LogP contribution < -0.4 is 0 Å². The van der Waals surface area contributed by atoms with E-state index in [1.807, 2.05) is 0 Å². The SMILES string of the molecule is CCCCC[Si][Si][Si]. The normalized spacial score (nSPS) is 9.75. The average molecular weight is 155 g/mol. The lowest BCUT2D eigenvalue weighted by atomic mass is 10.3. The third-order valence-corrected chi connectivity index (χ3v) is 4.65. The van der Waals surface area contributed by atoms with E-state index in [2.05, 4.69) is 16.7 Å². The molecule has 0 N–H and O–H groups in total. The molecule has 0 unspecified atom stereocenters. The van der Waals surface area contributed by atoms with E-state index in [9.17, 15) is 0 Å². The maximum Gasteiger partial charge on any atom is 0.0180 e. The number of hydrogen-bond acceptors (Lipinski definition) is 0. The molecule has 0 rings (SSSR count). The molecule has 0 aliphatic heterocycles. The Morgan fingerprint density at radius 1 is 1.38 bits per heavy atom. The molecule has 0 atom stereocenters. The summed E-state index contributed by atoms with van der Waals surface area (Å²) >= 11 is 0. The predicted molar refractivity (Wildman–Crippen MR) is 41.6 cm³/mol. The fourth-order valence-corrected chi connectivity index (χ4v) is 3.11. The quantitative estimate of drug-likeness (QED) is 0.410. The highest BCUT2D eigenvalue weighted by atomic mass is 29.5. The molecule has 8 heavy (non-hydrogen) atoms. The van der Waals surface area contributed by atoms with E-state index in [-0.39, 0.29) is 0 Å². The van der Waals surface area contributed by atoms with Crippen molar-refractivity contribution in [2.75, 3.05) is 0 Å². The molecule has 3 heteroatoms. The third kappa shape index (κ3) is 6.65. The van der Waals surface area contributed by atoms with Crippen LogP contribution in [-0.4, -0.2) is 27.4 Å². The second kappa shape index (κ2) is 7.65. The summed E-state index contributed by atoms with van der Waals surface area (Å²) in [6.45, 7) is 2.25. The Hall–Kier alpha value is 0.651. The van der Waals surface area contributed by atoms with Crippen LogP contribution in [0.15, 0.2) is 0 Å². The molecular weight excluding hydrogens is 144 g/mol. The van der Waals surface area contributed by atoms with Crippen LogP contribution in [0.25, 0.3) is 0 Å². The van der Waals surface area contributed by atoms with Gasteiger partial charge in [0.25, 0.3) is 0 Å². The highest BCUT2D eigenvalue weighted by Crippen LogP contribution is 1.96. The summed E-state index contributed by atoms with van der Waals surface area (Å²) in [6.07, 6.45) is 4.21. The zero-order valence-corrected chi connectivity index (χ0v) is 8.33. The highest BCUT2D eigenvalue weighted by Gasteiger charge is 1.85. The van der Waals surface area contributed by atoms with Gasteiger partial charge in [-0.3, -0.25) is 0 Å². The van der Waals surface area contributed by atoms with Crippen molar-refractivity contribution in [3.63, 3.8) is 0 Å². The summed E-state index contributed by atoms with van der Waals surface area (Å²) in [5, 5.41) is 0. The van der Waals surface area contributed by atoms with Gasteiger partial charge in [0, 0.05) is 27.4 Å². The number of unbranched alkanes of at least 4 members (excludes halogenated alkanes) is 2. The highest BCUT2D eigenvalue weighted by molar-refractivity contribution is 7.23. The van der Waals surface area contributed by atoms with E-state index >= 15 is 0 Å². The molecule has 0 aromatic rings. The smallest absolute Gasteiger partial charge is 0.0180 e. The van der Waals surface area contributed by atoms with Gasteiger partial charge in [0.15, 0.2) is 0 Å². The minimum Gasteiger partial charge on any atom is -0.0654 e. The molecule has 0 nitrogen and oxygen atoms in total. The van der Waals surface area contributed by atoms with Crippen molar-refractivity contribution in [2.24, 2.45) is 0 Å². The fraction of sp³-hybridized carbons (Fsp3) is 1.00. The first-order valence-electron chi connectivity index (χ1n) is 3.06. The van der Waals surface area contributed by atoms with Crippen LogP contribution in [0.2, 0.25) is 6.04 Å². The minimum absolute atomic E-state index is 1.00.